The summed E-state index contributed by atoms with van der Waals surface area (Å²) in [6, 6.07) is 5.98. The minimum absolute atomic E-state index is 0.0626. The van der Waals surface area contributed by atoms with Crippen LogP contribution in [0, 0.1) is 0 Å². The van der Waals surface area contributed by atoms with E-state index in [1.165, 1.54) is 0 Å². The maximum absolute atomic E-state index is 11.1. The summed E-state index contributed by atoms with van der Waals surface area (Å²) in [4.78, 5) is 13.4. The third-order valence-electron chi connectivity index (χ3n) is 4.15. The molecule has 1 saturated heterocycles. The maximum atomic E-state index is 11.1. The molecule has 1 fully saturated rings. The summed E-state index contributed by atoms with van der Waals surface area (Å²) in [5.41, 5.74) is 1.11. The monoisotopic (exact) mass is 291 g/mol. The zero-order valence-corrected chi connectivity index (χ0v) is 12.1. The highest BCUT2D eigenvalue weighted by atomic mass is 16.6. The number of aliphatic carboxylic acids is 1. The van der Waals surface area contributed by atoms with Crippen molar-refractivity contribution >= 4 is 5.97 Å². The van der Waals surface area contributed by atoms with Gasteiger partial charge < -0.3 is 14.6 Å². The van der Waals surface area contributed by atoms with E-state index < -0.39 is 5.97 Å². The largest absolute Gasteiger partial charge is 0.486 e. The highest BCUT2D eigenvalue weighted by molar-refractivity contribution is 5.67. The van der Waals surface area contributed by atoms with Crippen LogP contribution in [0.5, 0.6) is 11.5 Å². The summed E-state index contributed by atoms with van der Waals surface area (Å²) in [6.45, 7) is 3.16. The smallest absolute Gasteiger partial charge is 0.304 e. The predicted molar refractivity (Wildman–Crippen MR) is 78.0 cm³/mol. The minimum Gasteiger partial charge on any atom is -0.486 e. The first-order valence-corrected chi connectivity index (χ1v) is 7.57. The van der Waals surface area contributed by atoms with Crippen LogP contribution in [-0.2, 0) is 11.2 Å². The molecule has 1 aromatic rings. The quantitative estimate of drug-likeness (QED) is 0.898. The van der Waals surface area contributed by atoms with E-state index in [1.54, 1.807) is 0 Å². The topological polar surface area (TPSA) is 59.0 Å². The number of nitrogens with zero attached hydrogens (tertiary/aromatic N) is 1. The van der Waals surface area contributed by atoms with Crippen molar-refractivity contribution in [3.63, 3.8) is 0 Å². The SMILES string of the molecule is O=C(O)CC(Cc1ccc2c(c1)OCCO2)N1CCCC1. The van der Waals surface area contributed by atoms with Gasteiger partial charge in [-0.05, 0) is 50.0 Å². The van der Waals surface area contributed by atoms with Gasteiger partial charge in [-0.1, -0.05) is 6.07 Å². The fourth-order valence-electron chi connectivity index (χ4n) is 3.13. The van der Waals surface area contributed by atoms with E-state index in [0.717, 1.165) is 49.4 Å². The van der Waals surface area contributed by atoms with Gasteiger partial charge in [0.05, 0.1) is 6.42 Å². The Kier molecular flexibility index (Phi) is 4.29. The fraction of sp³-hybridized carbons (Fsp3) is 0.562. The van der Waals surface area contributed by atoms with Gasteiger partial charge in [0.2, 0.25) is 0 Å². The highest BCUT2D eigenvalue weighted by Crippen LogP contribution is 2.31. The highest BCUT2D eigenvalue weighted by Gasteiger charge is 2.25. The molecule has 0 aromatic heterocycles. The second kappa shape index (κ2) is 6.35. The lowest BCUT2D eigenvalue weighted by atomic mass is 10.0. The van der Waals surface area contributed by atoms with E-state index in [4.69, 9.17) is 14.6 Å². The van der Waals surface area contributed by atoms with E-state index in [9.17, 15) is 4.79 Å². The Hall–Kier alpha value is -1.75. The molecule has 5 nitrogen and oxygen atoms in total. The molecule has 0 saturated carbocycles. The van der Waals surface area contributed by atoms with Gasteiger partial charge in [-0.2, -0.15) is 0 Å². The van der Waals surface area contributed by atoms with E-state index in [1.807, 2.05) is 18.2 Å². The van der Waals surface area contributed by atoms with Gasteiger partial charge in [0, 0.05) is 6.04 Å². The first-order chi connectivity index (χ1) is 10.2. The molecule has 2 aliphatic rings. The second-order valence-electron chi connectivity index (χ2n) is 5.68. The van der Waals surface area contributed by atoms with E-state index in [0.29, 0.717) is 13.2 Å². The molecule has 2 aliphatic heterocycles. The molecule has 1 atom stereocenters. The van der Waals surface area contributed by atoms with Gasteiger partial charge in [0.25, 0.3) is 0 Å². The zero-order chi connectivity index (χ0) is 14.7. The van der Waals surface area contributed by atoms with Crippen molar-refractivity contribution in [2.45, 2.75) is 31.7 Å². The number of likely N-dealkylation sites (tertiary alicyclic amines) is 1. The maximum Gasteiger partial charge on any atom is 0.304 e. The number of carboxylic acid groups (broad SMARTS) is 1. The first kappa shape index (κ1) is 14.2. The number of rotatable bonds is 5. The summed E-state index contributed by atoms with van der Waals surface area (Å²) in [6.07, 6.45) is 3.26. The van der Waals surface area contributed by atoms with Gasteiger partial charge in [0.15, 0.2) is 11.5 Å². The van der Waals surface area contributed by atoms with Gasteiger partial charge in [-0.25, -0.2) is 0 Å². The molecule has 5 heteroatoms. The number of benzene rings is 1. The Morgan fingerprint density at radius 1 is 1.19 bits per heavy atom. The standard InChI is InChI=1S/C16H21NO4/c18-16(19)11-13(17-5-1-2-6-17)9-12-3-4-14-15(10-12)21-8-7-20-14/h3-4,10,13H,1-2,5-9,11H2,(H,18,19). The normalized spacial score (nSPS) is 19.4. The molecule has 0 radical (unpaired) electrons. The summed E-state index contributed by atoms with van der Waals surface area (Å²) in [5.74, 6) is 0.819. The van der Waals surface area contributed by atoms with Gasteiger partial charge in [-0.3, -0.25) is 9.69 Å². The average molecular weight is 291 g/mol. The molecule has 21 heavy (non-hydrogen) atoms. The number of ether oxygens (including phenoxy) is 2. The molecule has 1 N–H and O–H groups in total. The van der Waals surface area contributed by atoms with Crippen LogP contribution in [0.4, 0.5) is 0 Å². The van der Waals surface area contributed by atoms with Crippen LogP contribution in [0.25, 0.3) is 0 Å². The molecule has 3 rings (SSSR count). The predicted octanol–water partition coefficient (Wildman–Crippen LogP) is 1.94. The molecule has 1 aromatic carbocycles. The van der Waals surface area contributed by atoms with Crippen molar-refractivity contribution in [1.29, 1.82) is 0 Å². The van der Waals surface area contributed by atoms with Crippen LogP contribution in [0.3, 0.4) is 0 Å². The zero-order valence-electron chi connectivity index (χ0n) is 12.1. The van der Waals surface area contributed by atoms with E-state index >= 15 is 0 Å². The Bertz CT molecular complexity index is 511. The number of hydrogen-bond acceptors (Lipinski definition) is 4. The van der Waals surface area contributed by atoms with Crippen LogP contribution in [0.2, 0.25) is 0 Å². The molecular weight excluding hydrogens is 270 g/mol. The van der Waals surface area contributed by atoms with Crippen molar-refractivity contribution in [2.75, 3.05) is 26.3 Å². The molecule has 2 heterocycles. The van der Waals surface area contributed by atoms with Crippen LogP contribution < -0.4 is 9.47 Å². The number of carbonyl (C=O) groups is 1. The lowest BCUT2D eigenvalue weighted by Crippen LogP contribution is -2.36. The van der Waals surface area contributed by atoms with E-state index in [2.05, 4.69) is 4.90 Å². The van der Waals surface area contributed by atoms with Crippen LogP contribution in [-0.4, -0.2) is 48.3 Å². The summed E-state index contributed by atoms with van der Waals surface area (Å²) >= 11 is 0. The third-order valence-corrected chi connectivity index (χ3v) is 4.15. The van der Waals surface area contributed by atoms with Crippen LogP contribution >= 0.6 is 0 Å². The Morgan fingerprint density at radius 2 is 1.90 bits per heavy atom. The Labute approximate surface area is 124 Å². The van der Waals surface area contributed by atoms with Crippen LogP contribution in [0.1, 0.15) is 24.8 Å². The fourth-order valence-corrected chi connectivity index (χ4v) is 3.13. The van der Waals surface area contributed by atoms with Crippen molar-refractivity contribution in [2.24, 2.45) is 0 Å². The minimum atomic E-state index is -0.732. The summed E-state index contributed by atoms with van der Waals surface area (Å²) in [5, 5.41) is 9.14. The average Bonchev–Trinajstić information content (AvgIpc) is 3.00. The Balaban J connectivity index is 1.73. The van der Waals surface area contributed by atoms with Gasteiger partial charge >= 0.3 is 5.97 Å². The van der Waals surface area contributed by atoms with Crippen LogP contribution in [0.15, 0.2) is 18.2 Å². The van der Waals surface area contributed by atoms with Crippen molar-refractivity contribution in [1.82, 2.24) is 4.90 Å². The molecular formula is C16H21NO4. The van der Waals surface area contributed by atoms with E-state index in [-0.39, 0.29) is 12.5 Å². The summed E-state index contributed by atoms with van der Waals surface area (Å²) in [7, 11) is 0. The lowest BCUT2D eigenvalue weighted by molar-refractivity contribution is -0.138. The molecule has 0 amide bonds. The first-order valence-electron chi connectivity index (χ1n) is 7.57. The van der Waals surface area contributed by atoms with Gasteiger partial charge in [0.1, 0.15) is 13.2 Å². The van der Waals surface area contributed by atoms with Crippen molar-refractivity contribution < 1.29 is 19.4 Å². The lowest BCUT2D eigenvalue weighted by Gasteiger charge is -2.27. The molecule has 0 spiro atoms. The van der Waals surface area contributed by atoms with Gasteiger partial charge in [-0.15, -0.1) is 0 Å². The molecule has 0 bridgehead atoms. The number of fused-ring (bicyclic) bond motifs is 1. The molecule has 0 aliphatic carbocycles. The third kappa shape index (κ3) is 3.47. The number of hydrogen-bond donors (Lipinski definition) is 1. The van der Waals surface area contributed by atoms with Crippen molar-refractivity contribution in [3.05, 3.63) is 23.8 Å². The summed E-state index contributed by atoms with van der Waals surface area (Å²) < 4.78 is 11.1. The second-order valence-corrected chi connectivity index (χ2v) is 5.68. The Morgan fingerprint density at radius 3 is 2.62 bits per heavy atom. The number of carboxylic acids is 1. The van der Waals surface area contributed by atoms with Crippen molar-refractivity contribution in [3.8, 4) is 11.5 Å². The molecule has 114 valence electrons. The molecule has 1 unspecified atom stereocenters.